The van der Waals surface area contributed by atoms with E-state index in [2.05, 4.69) is 26.8 Å². The lowest BCUT2D eigenvalue weighted by Gasteiger charge is -2.63. The number of ether oxygens (including phenoxy) is 3. The number of rotatable bonds is 4. The van der Waals surface area contributed by atoms with E-state index in [1.165, 1.54) is 19.3 Å². The maximum Gasteiger partial charge on any atom is 0.259 e. The number of fused-ring (bicyclic) bond motifs is 4. The van der Waals surface area contributed by atoms with Gasteiger partial charge in [0.05, 0.1) is 56.2 Å². The molecule has 1 aromatic carbocycles. The Hall–Kier alpha value is -2.69. The molecule has 9 nitrogen and oxygen atoms in total. The van der Waals surface area contributed by atoms with Crippen molar-refractivity contribution in [2.75, 3.05) is 64.5 Å². The number of carbonyl (C=O) groups excluding carboxylic acids is 2. The summed E-state index contributed by atoms with van der Waals surface area (Å²) in [6.07, 6.45) is 7.42. The summed E-state index contributed by atoms with van der Waals surface area (Å²) in [5, 5.41) is 0. The fraction of sp³-hybridized carbons (Fsp3) is 0.714. The Morgan fingerprint density at radius 2 is 1.76 bits per heavy atom. The van der Waals surface area contributed by atoms with Crippen molar-refractivity contribution in [3.63, 3.8) is 0 Å². The van der Waals surface area contributed by atoms with E-state index in [0.717, 1.165) is 56.9 Å². The molecule has 1 aromatic rings. The van der Waals surface area contributed by atoms with Gasteiger partial charge in [0.2, 0.25) is 0 Å². The maximum absolute atomic E-state index is 16.6. The molecular weight excluding hydrogens is 575 g/mol. The number of piperazine rings is 1. The number of carbonyl (C=O) groups is 2. The second-order valence-corrected chi connectivity index (χ2v) is 14.2. The van der Waals surface area contributed by atoms with E-state index in [-0.39, 0.29) is 41.9 Å². The first-order valence-electron chi connectivity index (χ1n) is 17.3. The molecule has 3 aliphatic carbocycles. The van der Waals surface area contributed by atoms with Crippen LogP contribution in [0.2, 0.25) is 0 Å². The topological polar surface area (TPSA) is 74.8 Å². The zero-order chi connectivity index (χ0) is 30.7. The summed E-state index contributed by atoms with van der Waals surface area (Å²) in [7, 11) is 1.68. The SMILES string of the molecule is COc1cccc(N2CCN(C3C(F)CC4C(=O)C(C(=O)N5CCOCC5)=CN5C6C(CCC7CCCCC76)OC3C45)CC2)c1. The Labute approximate surface area is 265 Å². The molecule has 8 rings (SSSR count). The molecule has 0 bridgehead atoms. The van der Waals surface area contributed by atoms with Crippen LogP contribution in [0.3, 0.4) is 0 Å². The van der Waals surface area contributed by atoms with E-state index in [4.69, 9.17) is 14.2 Å². The van der Waals surface area contributed by atoms with Crippen LogP contribution >= 0.6 is 0 Å². The number of ketones is 1. The average Bonchev–Trinajstić information content (AvgIpc) is 3.09. The Kier molecular flexibility index (Phi) is 8.02. The van der Waals surface area contributed by atoms with E-state index in [0.29, 0.717) is 38.1 Å². The minimum Gasteiger partial charge on any atom is -0.497 e. The molecule has 6 fully saturated rings. The molecule has 244 valence electrons. The first-order valence-corrected chi connectivity index (χ1v) is 17.3. The van der Waals surface area contributed by atoms with Gasteiger partial charge in [-0.05, 0) is 49.7 Å². The van der Waals surface area contributed by atoms with E-state index in [9.17, 15) is 9.59 Å². The largest absolute Gasteiger partial charge is 0.497 e. The first kappa shape index (κ1) is 29.7. The standard InChI is InChI=1S/C35H47FN4O5/c1-43-24-7-4-6-23(19-24)37-11-13-38(14-12-37)32-28(36)20-26-31-34(32)45-29-10-9-22-5-2-3-8-25(22)30(29)40(31)21-27(33(26)41)35(42)39-15-17-44-18-16-39/h4,6-7,19,21-22,25-26,28-32,34H,2-3,5,8-18,20H2,1H3. The van der Waals surface area contributed by atoms with Crippen LogP contribution in [-0.2, 0) is 19.1 Å². The van der Waals surface area contributed by atoms with E-state index in [1.54, 1.807) is 12.0 Å². The van der Waals surface area contributed by atoms with Gasteiger partial charge in [-0.15, -0.1) is 0 Å². The molecule has 3 saturated heterocycles. The van der Waals surface area contributed by atoms with Gasteiger partial charge in [0.15, 0.2) is 5.78 Å². The highest BCUT2D eigenvalue weighted by Gasteiger charge is 2.61. The Bertz CT molecular complexity index is 1310. The van der Waals surface area contributed by atoms with Crippen molar-refractivity contribution in [3.8, 4) is 5.75 Å². The molecular formula is C35H47FN4O5. The number of alkyl halides is 1. The summed E-state index contributed by atoms with van der Waals surface area (Å²) in [6, 6.07) is 7.59. The lowest BCUT2D eigenvalue weighted by atomic mass is 9.63. The predicted octanol–water partition coefficient (Wildman–Crippen LogP) is 3.28. The third kappa shape index (κ3) is 5.15. The van der Waals surface area contributed by atoms with Gasteiger partial charge in [-0.3, -0.25) is 14.5 Å². The zero-order valence-corrected chi connectivity index (χ0v) is 26.4. The minimum absolute atomic E-state index is 0.0127. The summed E-state index contributed by atoms with van der Waals surface area (Å²) >= 11 is 0. The molecule has 0 N–H and O–H groups in total. The smallest absolute Gasteiger partial charge is 0.259 e. The van der Waals surface area contributed by atoms with Gasteiger partial charge in [0.25, 0.3) is 5.91 Å². The number of halogens is 1. The molecule has 9 atom stereocenters. The first-order chi connectivity index (χ1) is 22.0. The summed E-state index contributed by atoms with van der Waals surface area (Å²) in [5.41, 5.74) is 1.36. The van der Waals surface area contributed by atoms with Gasteiger partial charge in [-0.2, -0.15) is 0 Å². The third-order valence-corrected chi connectivity index (χ3v) is 12.1. The van der Waals surface area contributed by atoms with Crippen LogP contribution in [0.25, 0.3) is 0 Å². The van der Waals surface area contributed by atoms with Crippen LogP contribution in [0.5, 0.6) is 5.75 Å². The Morgan fingerprint density at radius 3 is 2.56 bits per heavy atom. The Morgan fingerprint density at radius 1 is 0.956 bits per heavy atom. The monoisotopic (exact) mass is 622 g/mol. The molecule has 7 aliphatic rings. The van der Waals surface area contributed by atoms with Gasteiger partial charge in [0, 0.05) is 63.1 Å². The van der Waals surface area contributed by atoms with Crippen molar-refractivity contribution in [2.24, 2.45) is 17.8 Å². The quantitative estimate of drug-likeness (QED) is 0.474. The molecule has 9 unspecified atom stereocenters. The molecule has 0 spiro atoms. The van der Waals surface area contributed by atoms with Crippen LogP contribution in [0.4, 0.5) is 10.1 Å². The van der Waals surface area contributed by atoms with E-state index < -0.39 is 24.2 Å². The average molecular weight is 623 g/mol. The van der Waals surface area contributed by atoms with Crippen LogP contribution in [0.1, 0.15) is 44.9 Å². The third-order valence-electron chi connectivity index (χ3n) is 12.1. The van der Waals surface area contributed by atoms with Crippen molar-refractivity contribution in [3.05, 3.63) is 36.0 Å². The van der Waals surface area contributed by atoms with Crippen LogP contribution < -0.4 is 9.64 Å². The van der Waals surface area contributed by atoms with Crippen LogP contribution in [0, 0.1) is 17.8 Å². The van der Waals surface area contributed by atoms with Gasteiger partial charge in [-0.1, -0.05) is 25.3 Å². The number of anilines is 1. The van der Waals surface area contributed by atoms with Crippen molar-refractivity contribution in [2.45, 2.75) is 81.5 Å². The lowest BCUT2D eigenvalue weighted by Crippen LogP contribution is -2.75. The van der Waals surface area contributed by atoms with Gasteiger partial charge < -0.3 is 28.9 Å². The number of Topliss-reactive ketones (excluding diaryl/α,β-unsaturated/α-hetero) is 1. The van der Waals surface area contributed by atoms with Crippen molar-refractivity contribution >= 4 is 17.4 Å². The highest BCUT2D eigenvalue weighted by atomic mass is 19.1. The molecule has 1 amide bonds. The van der Waals surface area contributed by atoms with E-state index in [1.807, 2.05) is 18.3 Å². The van der Waals surface area contributed by atoms with Crippen molar-refractivity contribution in [1.82, 2.24) is 14.7 Å². The van der Waals surface area contributed by atoms with Gasteiger partial charge in [-0.25, -0.2) is 4.39 Å². The normalized spacial score (nSPS) is 38.5. The number of hydrogen-bond donors (Lipinski definition) is 0. The molecule has 10 heteroatoms. The second-order valence-electron chi connectivity index (χ2n) is 14.2. The summed E-state index contributed by atoms with van der Waals surface area (Å²) in [4.78, 5) is 36.8. The number of benzene rings is 1. The molecule has 0 radical (unpaired) electrons. The summed E-state index contributed by atoms with van der Waals surface area (Å²) < 4.78 is 34.6. The van der Waals surface area contributed by atoms with E-state index >= 15 is 4.39 Å². The zero-order valence-electron chi connectivity index (χ0n) is 26.4. The predicted molar refractivity (Wildman–Crippen MR) is 167 cm³/mol. The number of hydrogen-bond acceptors (Lipinski definition) is 8. The van der Waals surface area contributed by atoms with Crippen LogP contribution in [0.15, 0.2) is 36.0 Å². The number of methoxy groups -OCH3 is 1. The second kappa shape index (κ2) is 12.2. The fourth-order valence-electron chi connectivity index (χ4n) is 9.99. The molecule has 4 aliphatic heterocycles. The lowest BCUT2D eigenvalue weighted by molar-refractivity contribution is -0.227. The van der Waals surface area contributed by atoms with Crippen LogP contribution in [-0.4, -0.2) is 122 Å². The summed E-state index contributed by atoms with van der Waals surface area (Å²) in [6.45, 7) is 4.94. The van der Waals surface area contributed by atoms with Gasteiger partial charge in [0.1, 0.15) is 11.9 Å². The highest BCUT2D eigenvalue weighted by molar-refractivity contribution is 6.20. The molecule has 0 aromatic heterocycles. The number of nitrogens with zero attached hydrogens (tertiary/aromatic N) is 4. The Balaban J connectivity index is 1.10. The van der Waals surface area contributed by atoms with Gasteiger partial charge >= 0.3 is 0 Å². The van der Waals surface area contributed by atoms with Crippen molar-refractivity contribution < 1.29 is 28.2 Å². The maximum atomic E-state index is 16.6. The number of morpholine rings is 2. The highest BCUT2D eigenvalue weighted by Crippen LogP contribution is 2.52. The fourth-order valence-corrected chi connectivity index (χ4v) is 9.99. The molecule has 4 heterocycles. The number of amides is 1. The molecule has 45 heavy (non-hydrogen) atoms. The molecule has 3 saturated carbocycles. The minimum atomic E-state index is -1.20. The van der Waals surface area contributed by atoms with Crippen molar-refractivity contribution in [1.29, 1.82) is 0 Å². The summed E-state index contributed by atoms with van der Waals surface area (Å²) in [5.74, 6) is 0.978.